The highest BCUT2D eigenvalue weighted by molar-refractivity contribution is 5.66. The average Bonchev–Trinajstić information content (AvgIpc) is 2.23. The summed E-state index contributed by atoms with van der Waals surface area (Å²) in [5, 5.41) is 0. The number of rotatable bonds is 2. The fourth-order valence-corrected chi connectivity index (χ4v) is 1.10. The fraction of sp³-hybridized carbons (Fsp3) is 0.500. The summed E-state index contributed by atoms with van der Waals surface area (Å²) in [5.41, 5.74) is 3.67. The molecule has 0 aliphatic carbocycles. The molecule has 0 fully saturated rings. The smallest absolute Gasteiger partial charge is 0.0657 e. The second-order valence-corrected chi connectivity index (χ2v) is 3.74. The maximum atomic E-state index is 4.44. The molecule has 84 valence electrons. The van der Waals surface area contributed by atoms with Crippen LogP contribution in [0.4, 0.5) is 5.69 Å². The Morgan fingerprint density at radius 2 is 1.73 bits per heavy atom. The summed E-state index contributed by atoms with van der Waals surface area (Å²) in [6.07, 6.45) is 1.99. The van der Waals surface area contributed by atoms with Crippen LogP contribution < -0.4 is 0 Å². The van der Waals surface area contributed by atoms with Crippen LogP contribution in [0.3, 0.4) is 0 Å². The minimum absolute atomic E-state index is 0.514. The highest BCUT2D eigenvalue weighted by atomic mass is 14.7. The van der Waals surface area contributed by atoms with Crippen LogP contribution in [0, 0.1) is 19.8 Å². The molecule has 1 aromatic rings. The summed E-state index contributed by atoms with van der Waals surface area (Å²) in [6.45, 7) is 12.5. The molecule has 1 aromatic carbocycles. The summed E-state index contributed by atoms with van der Waals surface area (Å²) in [6, 6.07) is 6.22. The second kappa shape index (κ2) is 7.22. The van der Waals surface area contributed by atoms with Crippen molar-refractivity contribution in [3.05, 3.63) is 29.3 Å². The van der Waals surface area contributed by atoms with Crippen LogP contribution in [-0.2, 0) is 0 Å². The summed E-state index contributed by atoms with van der Waals surface area (Å²) in [5.74, 6) is 0.514. The normalized spacial score (nSPS) is 10.3. The molecule has 0 unspecified atom stereocenters. The van der Waals surface area contributed by atoms with Gasteiger partial charge in [-0.25, -0.2) is 0 Å². The molecule has 0 saturated heterocycles. The summed E-state index contributed by atoms with van der Waals surface area (Å²) in [7, 11) is 0. The predicted octanol–water partition coefficient (Wildman–Crippen LogP) is 4.69. The van der Waals surface area contributed by atoms with Gasteiger partial charge in [0.1, 0.15) is 0 Å². The van der Waals surface area contributed by atoms with Gasteiger partial charge in [0.05, 0.1) is 5.69 Å². The molecule has 0 heterocycles. The Bertz CT molecular complexity index is 311. The third-order valence-electron chi connectivity index (χ3n) is 2.09. The van der Waals surface area contributed by atoms with Crippen molar-refractivity contribution in [2.24, 2.45) is 10.9 Å². The zero-order chi connectivity index (χ0) is 11.8. The van der Waals surface area contributed by atoms with Gasteiger partial charge in [-0.1, -0.05) is 39.8 Å². The van der Waals surface area contributed by atoms with Gasteiger partial charge in [0, 0.05) is 6.21 Å². The molecule has 0 aliphatic rings. The van der Waals surface area contributed by atoms with Gasteiger partial charge in [0.15, 0.2) is 0 Å². The van der Waals surface area contributed by atoms with Gasteiger partial charge in [0.25, 0.3) is 0 Å². The second-order valence-electron chi connectivity index (χ2n) is 3.74. The average molecular weight is 205 g/mol. The first-order chi connectivity index (χ1) is 7.11. The summed E-state index contributed by atoms with van der Waals surface area (Å²) >= 11 is 0. The Morgan fingerprint density at radius 3 is 2.27 bits per heavy atom. The van der Waals surface area contributed by atoms with Gasteiger partial charge in [-0.15, -0.1) is 0 Å². The molecule has 15 heavy (non-hydrogen) atoms. The van der Waals surface area contributed by atoms with E-state index in [2.05, 4.69) is 50.9 Å². The molecule has 1 nitrogen and oxygen atoms in total. The van der Waals surface area contributed by atoms with Gasteiger partial charge < -0.3 is 0 Å². The van der Waals surface area contributed by atoms with E-state index in [4.69, 9.17) is 0 Å². The lowest BCUT2D eigenvalue weighted by Gasteiger charge is -2.03. The van der Waals surface area contributed by atoms with Crippen molar-refractivity contribution in [2.75, 3.05) is 0 Å². The quantitative estimate of drug-likeness (QED) is 0.621. The lowest BCUT2D eigenvalue weighted by atomic mass is 10.1. The number of nitrogens with zero attached hydrogens (tertiary/aromatic N) is 1. The molecule has 0 aromatic heterocycles. The zero-order valence-corrected chi connectivity index (χ0v) is 10.8. The summed E-state index contributed by atoms with van der Waals surface area (Å²) in [4.78, 5) is 4.44. The van der Waals surface area contributed by atoms with Crippen molar-refractivity contribution in [2.45, 2.75) is 41.5 Å². The molecule has 0 atom stereocenters. The van der Waals surface area contributed by atoms with Crippen LogP contribution in [0.25, 0.3) is 0 Å². The molecule has 0 amide bonds. The van der Waals surface area contributed by atoms with Gasteiger partial charge in [-0.3, -0.25) is 4.99 Å². The predicted molar refractivity (Wildman–Crippen MR) is 70.3 cm³/mol. The van der Waals surface area contributed by atoms with E-state index in [-0.39, 0.29) is 0 Å². The minimum Gasteiger partial charge on any atom is -0.261 e. The number of aryl methyl sites for hydroxylation is 1. The fourth-order valence-electron chi connectivity index (χ4n) is 1.10. The monoisotopic (exact) mass is 205 g/mol. The van der Waals surface area contributed by atoms with E-state index in [0.29, 0.717) is 5.92 Å². The molecule has 0 radical (unpaired) electrons. The largest absolute Gasteiger partial charge is 0.261 e. The first-order valence-electron chi connectivity index (χ1n) is 5.71. The van der Waals surface area contributed by atoms with Crippen molar-refractivity contribution < 1.29 is 0 Å². The topological polar surface area (TPSA) is 12.4 Å². The number of hydrogen-bond acceptors (Lipinski definition) is 1. The van der Waals surface area contributed by atoms with E-state index in [1.165, 1.54) is 11.1 Å². The van der Waals surface area contributed by atoms with Crippen molar-refractivity contribution in [1.29, 1.82) is 0 Å². The molecule has 0 bridgehead atoms. The lowest BCUT2D eigenvalue weighted by molar-refractivity contribution is 0.907. The summed E-state index contributed by atoms with van der Waals surface area (Å²) < 4.78 is 0. The minimum atomic E-state index is 0.514. The van der Waals surface area contributed by atoms with Crippen LogP contribution >= 0.6 is 0 Å². The Kier molecular flexibility index (Phi) is 6.68. The van der Waals surface area contributed by atoms with E-state index >= 15 is 0 Å². The van der Waals surface area contributed by atoms with E-state index in [0.717, 1.165) is 5.69 Å². The van der Waals surface area contributed by atoms with Gasteiger partial charge in [-0.2, -0.15) is 0 Å². The van der Waals surface area contributed by atoms with E-state index < -0.39 is 0 Å². The molecular weight excluding hydrogens is 182 g/mol. The van der Waals surface area contributed by atoms with E-state index in [1.54, 1.807) is 0 Å². The molecular formula is C14H23N. The Hall–Kier alpha value is -1.11. The van der Waals surface area contributed by atoms with E-state index in [9.17, 15) is 0 Å². The number of aliphatic imine (C=N–C) groups is 1. The van der Waals surface area contributed by atoms with Crippen LogP contribution in [0.15, 0.2) is 23.2 Å². The Balaban J connectivity index is 0.000000921. The van der Waals surface area contributed by atoms with Crippen LogP contribution in [0.1, 0.15) is 38.8 Å². The SMILES string of the molecule is CC.Cc1cccc(N=CC(C)C)c1C. The first-order valence-corrected chi connectivity index (χ1v) is 5.71. The number of benzene rings is 1. The van der Waals surface area contributed by atoms with Crippen molar-refractivity contribution in [3.8, 4) is 0 Å². The van der Waals surface area contributed by atoms with Crippen molar-refractivity contribution in [3.63, 3.8) is 0 Å². The molecule has 0 spiro atoms. The van der Waals surface area contributed by atoms with Gasteiger partial charge >= 0.3 is 0 Å². The molecule has 1 heteroatoms. The van der Waals surface area contributed by atoms with Gasteiger partial charge in [0.2, 0.25) is 0 Å². The third-order valence-corrected chi connectivity index (χ3v) is 2.09. The first kappa shape index (κ1) is 13.9. The standard InChI is InChI=1S/C12H17N.C2H6/c1-9(2)8-13-12-7-5-6-10(3)11(12)4;1-2/h5-9H,1-4H3;1-2H3. The van der Waals surface area contributed by atoms with E-state index in [1.807, 2.05) is 20.1 Å². The van der Waals surface area contributed by atoms with Gasteiger partial charge in [-0.05, 0) is 37.0 Å². The highest BCUT2D eigenvalue weighted by Crippen LogP contribution is 2.20. The number of hydrogen-bond donors (Lipinski definition) is 0. The van der Waals surface area contributed by atoms with Crippen molar-refractivity contribution >= 4 is 11.9 Å². The highest BCUT2D eigenvalue weighted by Gasteiger charge is 1.97. The molecule has 1 rings (SSSR count). The van der Waals surface area contributed by atoms with Crippen molar-refractivity contribution in [1.82, 2.24) is 0 Å². The maximum absolute atomic E-state index is 4.44. The Morgan fingerprint density at radius 1 is 1.13 bits per heavy atom. The van der Waals surface area contributed by atoms with Crippen LogP contribution in [0.2, 0.25) is 0 Å². The van der Waals surface area contributed by atoms with Crippen LogP contribution in [0.5, 0.6) is 0 Å². The third kappa shape index (κ3) is 4.78. The molecule has 0 N–H and O–H groups in total. The molecule has 0 aliphatic heterocycles. The lowest BCUT2D eigenvalue weighted by Crippen LogP contribution is -1.87. The Labute approximate surface area is 94.3 Å². The zero-order valence-electron chi connectivity index (χ0n) is 10.8. The molecule has 0 saturated carbocycles. The van der Waals surface area contributed by atoms with Crippen LogP contribution in [-0.4, -0.2) is 6.21 Å². The maximum Gasteiger partial charge on any atom is 0.0657 e.